The number of benzene rings is 1. The van der Waals surface area contributed by atoms with E-state index in [0.717, 1.165) is 0 Å². The molecule has 0 heterocycles. The molecule has 12 heavy (non-hydrogen) atoms. The number of rotatable bonds is 0. The highest BCUT2D eigenvalue weighted by Crippen LogP contribution is 2.30. The molecule has 0 N–H and O–H groups in total. The summed E-state index contributed by atoms with van der Waals surface area (Å²) < 4.78 is 13.8. The molecule has 0 radical (unpaired) electrons. The molecule has 1 aromatic carbocycles. The van der Waals surface area contributed by atoms with Crippen molar-refractivity contribution in [1.82, 2.24) is 0 Å². The third-order valence-electron chi connectivity index (χ3n) is 2.09. The Morgan fingerprint density at radius 3 is 2.75 bits per heavy atom. The molecule has 1 aromatic rings. The van der Waals surface area contributed by atoms with Gasteiger partial charge in [-0.05, 0) is 18.6 Å². The van der Waals surface area contributed by atoms with Gasteiger partial charge in [0.05, 0.1) is 0 Å². The Kier molecular flexibility index (Phi) is 1.76. The summed E-state index contributed by atoms with van der Waals surface area (Å²) in [6, 6.07) is 2.97. The first-order valence-corrected chi connectivity index (χ1v) is 4.49. The van der Waals surface area contributed by atoms with E-state index in [2.05, 4.69) is 15.9 Å². The van der Waals surface area contributed by atoms with Crippen LogP contribution in [0.4, 0.5) is 4.39 Å². The summed E-state index contributed by atoms with van der Waals surface area (Å²) in [5.41, 5.74) is 1.10. The number of halogens is 2. The van der Waals surface area contributed by atoms with Crippen LogP contribution >= 0.6 is 15.9 Å². The second-order valence-electron chi connectivity index (χ2n) is 2.81. The van der Waals surface area contributed by atoms with Gasteiger partial charge >= 0.3 is 0 Å². The van der Waals surface area contributed by atoms with E-state index in [1.807, 2.05) is 0 Å². The number of carbonyl (C=O) groups is 1. The molecular weight excluding hydrogens is 223 g/mol. The molecule has 3 heteroatoms. The summed E-state index contributed by atoms with van der Waals surface area (Å²) in [7, 11) is 0. The predicted octanol–water partition coefficient (Wildman–Crippen LogP) is 2.72. The topological polar surface area (TPSA) is 17.1 Å². The van der Waals surface area contributed by atoms with Crippen molar-refractivity contribution in [3.63, 3.8) is 0 Å². The molecule has 0 spiro atoms. The third-order valence-corrected chi connectivity index (χ3v) is 2.75. The van der Waals surface area contributed by atoms with Crippen molar-refractivity contribution in [3.8, 4) is 0 Å². The van der Waals surface area contributed by atoms with Crippen LogP contribution in [0, 0.1) is 5.82 Å². The van der Waals surface area contributed by atoms with Crippen LogP contribution in [-0.4, -0.2) is 5.78 Å². The number of hydrogen-bond donors (Lipinski definition) is 0. The molecule has 0 amide bonds. The zero-order valence-corrected chi connectivity index (χ0v) is 7.82. The minimum absolute atomic E-state index is 0.0383. The smallest absolute Gasteiger partial charge is 0.164 e. The maximum absolute atomic E-state index is 13.1. The number of ketones is 1. The lowest BCUT2D eigenvalue weighted by atomic mass is 10.1. The van der Waals surface area contributed by atoms with Crippen molar-refractivity contribution in [2.75, 3.05) is 0 Å². The largest absolute Gasteiger partial charge is 0.294 e. The predicted molar refractivity (Wildman–Crippen MR) is 46.8 cm³/mol. The Hall–Kier alpha value is -0.700. The van der Waals surface area contributed by atoms with E-state index in [-0.39, 0.29) is 11.6 Å². The first kappa shape index (κ1) is 7.92. The molecule has 0 fully saturated rings. The second-order valence-corrected chi connectivity index (χ2v) is 3.66. The Labute approximate surface area is 77.7 Å². The third kappa shape index (κ3) is 1.00. The van der Waals surface area contributed by atoms with Gasteiger partial charge in [0, 0.05) is 22.0 Å². The summed E-state index contributed by atoms with van der Waals surface area (Å²) in [5, 5.41) is 0. The highest BCUT2D eigenvalue weighted by atomic mass is 79.9. The van der Waals surface area contributed by atoms with Gasteiger partial charge in [-0.2, -0.15) is 0 Å². The second kappa shape index (κ2) is 2.66. The highest BCUT2D eigenvalue weighted by molar-refractivity contribution is 9.10. The fourth-order valence-electron chi connectivity index (χ4n) is 1.50. The zero-order chi connectivity index (χ0) is 8.72. The lowest BCUT2D eigenvalue weighted by Crippen LogP contribution is -1.94. The molecule has 0 atom stereocenters. The molecule has 1 aliphatic rings. The van der Waals surface area contributed by atoms with E-state index < -0.39 is 0 Å². The number of hydrogen-bond acceptors (Lipinski definition) is 1. The number of carbonyl (C=O) groups excluding carboxylic acids is 1. The summed E-state index contributed by atoms with van der Waals surface area (Å²) >= 11 is 3.23. The maximum Gasteiger partial charge on any atom is 0.164 e. The minimum Gasteiger partial charge on any atom is -0.294 e. The van der Waals surface area contributed by atoms with E-state index in [1.54, 1.807) is 6.07 Å². The van der Waals surface area contributed by atoms with Crippen molar-refractivity contribution in [3.05, 3.63) is 33.5 Å². The van der Waals surface area contributed by atoms with E-state index in [9.17, 15) is 9.18 Å². The van der Waals surface area contributed by atoms with Gasteiger partial charge in [-0.1, -0.05) is 15.9 Å². The molecule has 2 rings (SSSR count). The lowest BCUT2D eigenvalue weighted by molar-refractivity contribution is 0.0994. The monoisotopic (exact) mass is 228 g/mol. The van der Waals surface area contributed by atoms with Gasteiger partial charge < -0.3 is 0 Å². The normalized spacial score (nSPS) is 15.0. The molecule has 0 aromatic heterocycles. The average Bonchev–Trinajstić information content (AvgIpc) is 2.42. The number of Topliss-reactive ketones (excluding diaryl/α,β-unsaturated/α-hetero) is 1. The Morgan fingerprint density at radius 1 is 1.33 bits per heavy atom. The van der Waals surface area contributed by atoms with Crippen LogP contribution in [0.3, 0.4) is 0 Å². The van der Waals surface area contributed by atoms with Crippen LogP contribution in [0.25, 0.3) is 0 Å². The maximum atomic E-state index is 13.1. The first-order chi connectivity index (χ1) is 5.70. The summed E-state index contributed by atoms with van der Waals surface area (Å²) in [6.07, 6.45) is 0.980. The van der Waals surface area contributed by atoms with E-state index >= 15 is 0 Å². The van der Waals surface area contributed by atoms with E-state index in [0.29, 0.717) is 28.4 Å². The fraction of sp³-hybridized carbons (Fsp3) is 0.222. The van der Waals surface area contributed by atoms with Crippen molar-refractivity contribution < 1.29 is 9.18 Å². The van der Waals surface area contributed by atoms with Gasteiger partial charge in [0.25, 0.3) is 0 Å². The van der Waals surface area contributed by atoms with Crippen molar-refractivity contribution in [1.29, 1.82) is 0 Å². The zero-order valence-electron chi connectivity index (χ0n) is 6.23. The van der Waals surface area contributed by atoms with E-state index in [4.69, 9.17) is 0 Å². The van der Waals surface area contributed by atoms with Crippen molar-refractivity contribution in [2.45, 2.75) is 12.8 Å². The van der Waals surface area contributed by atoms with Crippen molar-refractivity contribution >= 4 is 21.7 Å². The average molecular weight is 229 g/mol. The van der Waals surface area contributed by atoms with Crippen LogP contribution in [0.15, 0.2) is 16.6 Å². The van der Waals surface area contributed by atoms with Crippen LogP contribution in [0.2, 0.25) is 0 Å². The fourth-order valence-corrected chi connectivity index (χ4v) is 2.10. The molecule has 1 aliphatic carbocycles. The van der Waals surface area contributed by atoms with Gasteiger partial charge in [0.1, 0.15) is 5.82 Å². The van der Waals surface area contributed by atoms with Crippen LogP contribution in [-0.2, 0) is 6.42 Å². The molecule has 0 unspecified atom stereocenters. The van der Waals surface area contributed by atoms with Gasteiger partial charge in [-0.25, -0.2) is 4.39 Å². The first-order valence-electron chi connectivity index (χ1n) is 3.70. The molecule has 1 nitrogen and oxygen atoms in total. The molecule has 0 bridgehead atoms. The molecule has 0 saturated heterocycles. The molecule has 62 valence electrons. The summed E-state index contributed by atoms with van der Waals surface area (Å²) in [5.74, 6) is -0.226. The molecule has 0 aliphatic heterocycles. The molecule has 0 saturated carbocycles. The van der Waals surface area contributed by atoms with E-state index in [1.165, 1.54) is 6.07 Å². The van der Waals surface area contributed by atoms with Crippen LogP contribution < -0.4 is 0 Å². The van der Waals surface area contributed by atoms with Gasteiger partial charge in [0.15, 0.2) is 5.78 Å². The number of fused-ring (bicyclic) bond motifs is 1. The standard InChI is InChI=1S/C9H6BrFO/c10-6-2-3-7(11)5-1-4-8(12)9(5)6/h2-3H,1,4H2. The van der Waals surface area contributed by atoms with Crippen molar-refractivity contribution in [2.24, 2.45) is 0 Å². The lowest BCUT2D eigenvalue weighted by Gasteiger charge is -2.00. The molecular formula is C9H6BrFO. The Morgan fingerprint density at radius 2 is 2.08 bits per heavy atom. The van der Waals surface area contributed by atoms with Crippen LogP contribution in [0.5, 0.6) is 0 Å². The summed E-state index contributed by atoms with van der Waals surface area (Å²) in [4.78, 5) is 11.2. The van der Waals surface area contributed by atoms with Crippen LogP contribution in [0.1, 0.15) is 22.3 Å². The SMILES string of the molecule is O=C1CCc2c(F)ccc(Br)c21. The Balaban J connectivity index is 2.72. The summed E-state index contributed by atoms with van der Waals surface area (Å²) in [6.45, 7) is 0. The van der Waals surface area contributed by atoms with Gasteiger partial charge in [0.2, 0.25) is 0 Å². The quantitative estimate of drug-likeness (QED) is 0.668. The minimum atomic E-state index is -0.265. The Bertz CT molecular complexity index is 360. The van der Waals surface area contributed by atoms with Gasteiger partial charge in [-0.3, -0.25) is 4.79 Å². The van der Waals surface area contributed by atoms with Gasteiger partial charge in [-0.15, -0.1) is 0 Å². The highest BCUT2D eigenvalue weighted by Gasteiger charge is 2.24.